The number of methoxy groups -OCH3 is 1. The summed E-state index contributed by atoms with van der Waals surface area (Å²) >= 11 is 7.49. The van der Waals surface area contributed by atoms with Crippen molar-refractivity contribution < 1.29 is 4.74 Å². The standard InChI is InChI=1S/C28H22ClN5O3S/c1-17-26-22(14-25(35)32(17)16-19-6-5-9-24(29)30-19)33(15-18-10-12-20(37-2)13-11-18)34(27(26)36)28-31-21-7-3-4-8-23(21)38-28/h3-14H,15-16H2,1-2H3. The van der Waals surface area contributed by atoms with Crippen molar-refractivity contribution in [1.82, 2.24) is 23.9 Å². The zero-order valence-corrected chi connectivity index (χ0v) is 22.2. The molecule has 0 amide bonds. The second kappa shape index (κ2) is 9.59. The third kappa shape index (κ3) is 4.19. The van der Waals surface area contributed by atoms with Gasteiger partial charge in [-0.2, -0.15) is 4.68 Å². The average molecular weight is 544 g/mol. The van der Waals surface area contributed by atoms with Crippen molar-refractivity contribution in [3.8, 4) is 10.9 Å². The van der Waals surface area contributed by atoms with E-state index in [4.69, 9.17) is 21.3 Å². The van der Waals surface area contributed by atoms with Gasteiger partial charge in [0, 0.05) is 11.8 Å². The second-order valence-electron chi connectivity index (χ2n) is 8.85. The molecule has 38 heavy (non-hydrogen) atoms. The molecule has 0 fully saturated rings. The Morgan fingerprint density at radius 2 is 1.74 bits per heavy atom. The molecule has 190 valence electrons. The molecule has 0 saturated carbocycles. The lowest BCUT2D eigenvalue weighted by Gasteiger charge is -2.13. The van der Waals surface area contributed by atoms with Crippen LogP contribution in [0.3, 0.4) is 0 Å². The van der Waals surface area contributed by atoms with E-state index in [0.717, 1.165) is 21.5 Å². The van der Waals surface area contributed by atoms with Crippen LogP contribution >= 0.6 is 22.9 Å². The smallest absolute Gasteiger partial charge is 0.283 e. The minimum absolute atomic E-state index is 0.200. The van der Waals surface area contributed by atoms with Gasteiger partial charge in [0.15, 0.2) is 0 Å². The predicted octanol–water partition coefficient (Wildman–Crippen LogP) is 5.03. The normalized spacial score (nSPS) is 11.4. The Morgan fingerprint density at radius 1 is 0.947 bits per heavy atom. The van der Waals surface area contributed by atoms with E-state index in [2.05, 4.69) is 4.98 Å². The summed E-state index contributed by atoms with van der Waals surface area (Å²) in [5, 5.41) is 1.34. The highest BCUT2D eigenvalue weighted by Gasteiger charge is 2.22. The molecule has 0 spiro atoms. The van der Waals surface area contributed by atoms with Gasteiger partial charge in [0.1, 0.15) is 10.9 Å². The number of pyridine rings is 2. The maximum atomic E-state index is 14.0. The number of halogens is 1. The van der Waals surface area contributed by atoms with Gasteiger partial charge in [-0.25, -0.2) is 9.97 Å². The van der Waals surface area contributed by atoms with Gasteiger partial charge in [0.2, 0.25) is 5.13 Å². The molecule has 6 aromatic rings. The first-order valence-electron chi connectivity index (χ1n) is 11.9. The quantitative estimate of drug-likeness (QED) is 0.275. The molecule has 8 nitrogen and oxygen atoms in total. The van der Waals surface area contributed by atoms with E-state index < -0.39 is 0 Å². The third-order valence-electron chi connectivity index (χ3n) is 6.52. The number of benzene rings is 2. The van der Waals surface area contributed by atoms with Crippen molar-refractivity contribution in [2.75, 3.05) is 7.11 Å². The van der Waals surface area contributed by atoms with Gasteiger partial charge in [-0.15, -0.1) is 0 Å². The zero-order valence-electron chi connectivity index (χ0n) is 20.6. The van der Waals surface area contributed by atoms with Crippen LogP contribution in [0.5, 0.6) is 5.75 Å². The van der Waals surface area contributed by atoms with E-state index in [-0.39, 0.29) is 17.7 Å². The molecule has 10 heteroatoms. The van der Waals surface area contributed by atoms with Crippen LogP contribution < -0.4 is 15.9 Å². The van der Waals surface area contributed by atoms with Crippen LogP contribution in [-0.4, -0.2) is 31.0 Å². The number of ether oxygens (including phenoxy) is 1. The van der Waals surface area contributed by atoms with E-state index >= 15 is 0 Å². The lowest BCUT2D eigenvalue weighted by atomic mass is 10.2. The molecule has 0 unspecified atom stereocenters. The predicted molar refractivity (Wildman–Crippen MR) is 150 cm³/mol. The first-order chi connectivity index (χ1) is 18.4. The third-order valence-corrected chi connectivity index (χ3v) is 7.75. The summed E-state index contributed by atoms with van der Waals surface area (Å²) in [6.45, 7) is 2.35. The van der Waals surface area contributed by atoms with Gasteiger partial charge in [-0.05, 0) is 48.9 Å². The lowest BCUT2D eigenvalue weighted by molar-refractivity contribution is 0.414. The number of para-hydroxylation sites is 1. The summed E-state index contributed by atoms with van der Waals surface area (Å²) in [6.07, 6.45) is 0. The lowest BCUT2D eigenvalue weighted by Crippen LogP contribution is -2.24. The van der Waals surface area contributed by atoms with Gasteiger partial charge in [0.25, 0.3) is 11.1 Å². The Hall–Kier alpha value is -4.21. The van der Waals surface area contributed by atoms with Crippen LogP contribution in [0.15, 0.2) is 82.4 Å². The Bertz CT molecular complexity index is 1900. The number of thiazole rings is 1. The largest absolute Gasteiger partial charge is 0.497 e. The number of nitrogens with zero attached hydrogens (tertiary/aromatic N) is 5. The highest BCUT2D eigenvalue weighted by Crippen LogP contribution is 2.26. The van der Waals surface area contributed by atoms with E-state index in [1.807, 2.05) is 53.2 Å². The molecule has 2 aromatic carbocycles. The SMILES string of the molecule is COc1ccc(Cn2c3cc(=O)n(Cc4cccc(Cl)n4)c(C)c3c(=O)n2-c2nc3ccccc3s2)cc1. The maximum Gasteiger partial charge on any atom is 0.283 e. The van der Waals surface area contributed by atoms with Crippen molar-refractivity contribution in [3.63, 3.8) is 0 Å². The molecule has 0 saturated heterocycles. The Morgan fingerprint density at radius 3 is 2.47 bits per heavy atom. The minimum Gasteiger partial charge on any atom is -0.497 e. The second-order valence-corrected chi connectivity index (χ2v) is 10.2. The van der Waals surface area contributed by atoms with Crippen LogP contribution in [0, 0.1) is 6.92 Å². The fourth-order valence-corrected chi connectivity index (χ4v) is 5.80. The first-order valence-corrected chi connectivity index (χ1v) is 13.1. The van der Waals surface area contributed by atoms with Crippen molar-refractivity contribution in [2.45, 2.75) is 20.0 Å². The van der Waals surface area contributed by atoms with Crippen molar-refractivity contribution in [2.24, 2.45) is 0 Å². The van der Waals surface area contributed by atoms with Gasteiger partial charge < -0.3 is 9.30 Å². The molecule has 0 aliphatic heterocycles. The van der Waals surface area contributed by atoms with Gasteiger partial charge >= 0.3 is 0 Å². The first kappa shape index (κ1) is 24.1. The van der Waals surface area contributed by atoms with Crippen molar-refractivity contribution in [3.05, 3.63) is 116 Å². The topological polar surface area (TPSA) is 83.9 Å². The van der Waals surface area contributed by atoms with Crippen LogP contribution in [0.25, 0.3) is 26.3 Å². The Kier molecular flexibility index (Phi) is 6.09. The fraction of sp³-hybridized carbons (Fsp3) is 0.143. The van der Waals surface area contributed by atoms with Crippen molar-refractivity contribution in [1.29, 1.82) is 0 Å². The number of fused-ring (bicyclic) bond motifs is 2. The number of rotatable bonds is 6. The Labute approximate surface area is 225 Å². The average Bonchev–Trinajstić information content (AvgIpc) is 3.45. The fourth-order valence-electron chi connectivity index (χ4n) is 4.64. The maximum absolute atomic E-state index is 14.0. The number of aromatic nitrogens is 5. The van der Waals surface area contributed by atoms with Crippen LogP contribution in [0.2, 0.25) is 5.15 Å². The summed E-state index contributed by atoms with van der Waals surface area (Å²) in [6, 6.07) is 22.2. The molecular weight excluding hydrogens is 522 g/mol. The van der Waals surface area contributed by atoms with E-state index in [1.54, 1.807) is 41.5 Å². The minimum atomic E-state index is -0.238. The Balaban J connectivity index is 1.58. The molecule has 6 rings (SSSR count). The van der Waals surface area contributed by atoms with Crippen LogP contribution in [-0.2, 0) is 13.1 Å². The number of aryl methyl sites for hydroxylation is 1. The van der Waals surface area contributed by atoms with E-state index in [0.29, 0.717) is 39.1 Å². The van der Waals surface area contributed by atoms with Gasteiger partial charge in [0.05, 0.1) is 47.0 Å². The molecule has 0 aliphatic carbocycles. The summed E-state index contributed by atoms with van der Waals surface area (Å²) in [7, 11) is 1.62. The molecule has 0 aliphatic rings. The summed E-state index contributed by atoms with van der Waals surface area (Å²) in [5.74, 6) is 0.739. The monoisotopic (exact) mass is 543 g/mol. The zero-order chi connectivity index (χ0) is 26.4. The molecule has 0 atom stereocenters. The molecule has 0 N–H and O–H groups in total. The van der Waals surface area contributed by atoms with E-state index in [1.165, 1.54) is 17.4 Å². The van der Waals surface area contributed by atoms with Gasteiger partial charge in [-0.3, -0.25) is 14.3 Å². The summed E-state index contributed by atoms with van der Waals surface area (Å²) in [4.78, 5) is 36.5. The van der Waals surface area contributed by atoms with Crippen molar-refractivity contribution >= 4 is 44.1 Å². The molecule has 0 bridgehead atoms. The van der Waals surface area contributed by atoms with Crippen LogP contribution in [0.4, 0.5) is 0 Å². The highest BCUT2D eigenvalue weighted by molar-refractivity contribution is 7.20. The molecule has 4 heterocycles. The molecular formula is C28H22ClN5O3S. The number of hydrogen-bond acceptors (Lipinski definition) is 6. The highest BCUT2D eigenvalue weighted by atomic mass is 35.5. The number of hydrogen-bond donors (Lipinski definition) is 0. The molecule has 0 radical (unpaired) electrons. The van der Waals surface area contributed by atoms with E-state index in [9.17, 15) is 9.59 Å². The van der Waals surface area contributed by atoms with Crippen LogP contribution in [0.1, 0.15) is 17.0 Å². The molecule has 4 aromatic heterocycles. The summed E-state index contributed by atoms with van der Waals surface area (Å²) in [5.41, 5.74) is 3.02. The summed E-state index contributed by atoms with van der Waals surface area (Å²) < 4.78 is 11.2. The van der Waals surface area contributed by atoms with Gasteiger partial charge in [-0.1, -0.05) is 53.3 Å².